The lowest BCUT2D eigenvalue weighted by Gasteiger charge is -2.12. The number of aromatic nitrogens is 1. The molecule has 0 aliphatic rings. The molecule has 0 aliphatic heterocycles. The Balaban J connectivity index is 1.66. The molecule has 0 saturated heterocycles. The zero-order valence-corrected chi connectivity index (χ0v) is 16.7. The number of anilines is 2. The molecule has 0 aliphatic carbocycles. The molecule has 8 nitrogen and oxygen atoms in total. The quantitative estimate of drug-likeness (QED) is 0.503. The summed E-state index contributed by atoms with van der Waals surface area (Å²) in [6.07, 6.45) is 1.68. The molecule has 1 aromatic heterocycles. The number of fused-ring (bicyclic) bond motifs is 1. The van der Waals surface area contributed by atoms with Crippen LogP contribution in [0.4, 0.5) is 11.4 Å². The van der Waals surface area contributed by atoms with Crippen molar-refractivity contribution in [2.75, 3.05) is 17.2 Å². The maximum absolute atomic E-state index is 12.5. The van der Waals surface area contributed by atoms with Crippen LogP contribution in [-0.4, -0.2) is 29.3 Å². The Hall–Kier alpha value is -3.94. The molecule has 30 heavy (non-hydrogen) atoms. The lowest BCUT2D eigenvalue weighted by atomic mass is 10.1. The number of rotatable bonds is 6. The first-order valence-electron chi connectivity index (χ1n) is 9.48. The molecule has 154 valence electrons. The summed E-state index contributed by atoms with van der Waals surface area (Å²) >= 11 is 0. The number of benzene rings is 2. The summed E-state index contributed by atoms with van der Waals surface area (Å²) in [7, 11) is 0. The maximum Gasteiger partial charge on any atom is 0.257 e. The van der Waals surface area contributed by atoms with Gasteiger partial charge in [-0.25, -0.2) is 0 Å². The van der Waals surface area contributed by atoms with Crippen LogP contribution in [-0.2, 0) is 9.59 Å². The topological polar surface area (TPSA) is 120 Å². The lowest BCUT2D eigenvalue weighted by molar-refractivity contribution is -0.116. The highest BCUT2D eigenvalue weighted by atomic mass is 16.2. The average Bonchev–Trinajstić information content (AvgIpc) is 2.74. The molecule has 0 spiro atoms. The zero-order chi connectivity index (χ0) is 21.7. The first kappa shape index (κ1) is 20.8. The van der Waals surface area contributed by atoms with E-state index in [9.17, 15) is 19.2 Å². The molecule has 4 N–H and O–H groups in total. The Kier molecular flexibility index (Phi) is 6.26. The van der Waals surface area contributed by atoms with Crippen molar-refractivity contribution in [1.82, 2.24) is 10.3 Å². The molecule has 0 atom stereocenters. The highest BCUT2D eigenvalue weighted by molar-refractivity contribution is 6.01. The summed E-state index contributed by atoms with van der Waals surface area (Å²) in [5.74, 6) is -1.23. The van der Waals surface area contributed by atoms with Gasteiger partial charge in [-0.2, -0.15) is 0 Å². The smallest absolute Gasteiger partial charge is 0.257 e. The van der Waals surface area contributed by atoms with Gasteiger partial charge >= 0.3 is 0 Å². The molecule has 1 heterocycles. The summed E-state index contributed by atoms with van der Waals surface area (Å²) in [5.41, 5.74) is 2.04. The van der Waals surface area contributed by atoms with Gasteiger partial charge in [0, 0.05) is 34.9 Å². The minimum absolute atomic E-state index is 0.0676. The van der Waals surface area contributed by atoms with Crippen molar-refractivity contribution in [2.24, 2.45) is 0 Å². The zero-order valence-electron chi connectivity index (χ0n) is 16.7. The second-order valence-electron chi connectivity index (χ2n) is 6.74. The molecular weight excluding hydrogens is 384 g/mol. The Morgan fingerprint density at radius 2 is 1.77 bits per heavy atom. The van der Waals surface area contributed by atoms with Gasteiger partial charge in [-0.15, -0.1) is 0 Å². The average molecular weight is 406 g/mol. The molecule has 0 saturated carbocycles. The molecule has 0 fully saturated rings. The van der Waals surface area contributed by atoms with Crippen molar-refractivity contribution in [3.63, 3.8) is 0 Å². The van der Waals surface area contributed by atoms with E-state index in [0.717, 1.165) is 5.56 Å². The molecule has 3 amide bonds. The van der Waals surface area contributed by atoms with E-state index in [0.29, 0.717) is 28.7 Å². The monoisotopic (exact) mass is 406 g/mol. The Morgan fingerprint density at radius 1 is 1.00 bits per heavy atom. The van der Waals surface area contributed by atoms with Crippen molar-refractivity contribution in [3.8, 4) is 0 Å². The maximum atomic E-state index is 12.5. The predicted molar refractivity (Wildman–Crippen MR) is 116 cm³/mol. The van der Waals surface area contributed by atoms with Crippen molar-refractivity contribution in [1.29, 1.82) is 0 Å². The molecule has 3 rings (SSSR count). The van der Waals surface area contributed by atoms with E-state index in [1.165, 1.54) is 6.20 Å². The van der Waals surface area contributed by atoms with Crippen LogP contribution in [0.1, 0.15) is 29.3 Å². The highest BCUT2D eigenvalue weighted by Crippen LogP contribution is 2.20. The van der Waals surface area contributed by atoms with Crippen LogP contribution in [0.5, 0.6) is 0 Å². The first-order valence-corrected chi connectivity index (χ1v) is 9.48. The minimum atomic E-state index is -0.641. The summed E-state index contributed by atoms with van der Waals surface area (Å²) in [4.78, 5) is 51.6. The summed E-state index contributed by atoms with van der Waals surface area (Å²) < 4.78 is 0. The number of carbonyl (C=O) groups excluding carboxylic acids is 3. The number of pyridine rings is 1. The standard InChI is InChI=1S/C22H22N4O4/c1-3-19(27)25-14-9-8-13(2)18(10-14)26-20(28)12-24-22(30)16-11-23-17-7-5-4-6-15(17)21(16)29/h4-11H,3,12H2,1-2H3,(H,23,29)(H,24,30)(H,25,27)(H,26,28). The van der Waals surface area contributed by atoms with Crippen molar-refractivity contribution >= 4 is 40.0 Å². The van der Waals surface area contributed by atoms with Gasteiger partial charge < -0.3 is 20.9 Å². The summed E-state index contributed by atoms with van der Waals surface area (Å²) in [5, 5.41) is 8.29. The number of carbonyl (C=O) groups is 3. The fourth-order valence-electron chi connectivity index (χ4n) is 2.87. The third-order valence-corrected chi connectivity index (χ3v) is 4.56. The van der Waals surface area contributed by atoms with Crippen LogP contribution in [0, 0.1) is 6.92 Å². The van der Waals surface area contributed by atoms with Crippen LogP contribution >= 0.6 is 0 Å². The van der Waals surface area contributed by atoms with Crippen LogP contribution in [0.3, 0.4) is 0 Å². The number of H-pyrrole nitrogens is 1. The SMILES string of the molecule is CCC(=O)Nc1ccc(C)c(NC(=O)CNC(=O)c2c[nH]c3ccccc3c2=O)c1. The number of hydrogen-bond acceptors (Lipinski definition) is 4. The Bertz CT molecular complexity index is 1180. The molecule has 0 radical (unpaired) electrons. The van der Waals surface area contributed by atoms with Gasteiger partial charge in [0.15, 0.2) is 0 Å². The second-order valence-corrected chi connectivity index (χ2v) is 6.74. The molecule has 0 unspecified atom stereocenters. The van der Waals surface area contributed by atoms with Crippen molar-refractivity contribution in [3.05, 3.63) is 70.0 Å². The molecule has 2 aromatic carbocycles. The lowest BCUT2D eigenvalue weighted by Crippen LogP contribution is -2.35. The Labute approximate surface area is 172 Å². The van der Waals surface area contributed by atoms with Crippen LogP contribution in [0.25, 0.3) is 10.9 Å². The predicted octanol–water partition coefficient (Wildman–Crippen LogP) is 2.55. The van der Waals surface area contributed by atoms with Gasteiger partial charge in [-0.05, 0) is 36.8 Å². The number of aryl methyl sites for hydroxylation is 1. The molecule has 8 heteroatoms. The van der Waals surface area contributed by atoms with Gasteiger partial charge in [0.2, 0.25) is 17.2 Å². The fourth-order valence-corrected chi connectivity index (χ4v) is 2.87. The van der Waals surface area contributed by atoms with Crippen molar-refractivity contribution < 1.29 is 14.4 Å². The van der Waals surface area contributed by atoms with Gasteiger partial charge in [0.25, 0.3) is 5.91 Å². The van der Waals surface area contributed by atoms with Gasteiger partial charge in [-0.3, -0.25) is 19.2 Å². The number of nitrogens with one attached hydrogen (secondary N) is 4. The van der Waals surface area contributed by atoms with E-state index < -0.39 is 17.2 Å². The number of hydrogen-bond donors (Lipinski definition) is 4. The number of amides is 3. The van der Waals surface area contributed by atoms with E-state index in [-0.39, 0.29) is 18.0 Å². The van der Waals surface area contributed by atoms with E-state index in [1.807, 2.05) is 6.92 Å². The normalized spacial score (nSPS) is 10.5. The molecule has 3 aromatic rings. The molecular formula is C22H22N4O4. The van der Waals surface area contributed by atoms with Gasteiger partial charge in [0.1, 0.15) is 5.56 Å². The van der Waals surface area contributed by atoms with E-state index in [1.54, 1.807) is 49.4 Å². The highest BCUT2D eigenvalue weighted by Gasteiger charge is 2.14. The van der Waals surface area contributed by atoms with Crippen LogP contribution in [0.15, 0.2) is 53.5 Å². The Morgan fingerprint density at radius 3 is 2.53 bits per heavy atom. The third-order valence-electron chi connectivity index (χ3n) is 4.56. The van der Waals surface area contributed by atoms with Crippen LogP contribution < -0.4 is 21.4 Å². The van der Waals surface area contributed by atoms with Gasteiger partial charge in [-0.1, -0.05) is 25.1 Å². The largest absolute Gasteiger partial charge is 0.360 e. The number of para-hydroxylation sites is 1. The first-order chi connectivity index (χ1) is 14.4. The van der Waals surface area contributed by atoms with Gasteiger partial charge in [0.05, 0.1) is 6.54 Å². The molecule has 0 bridgehead atoms. The van der Waals surface area contributed by atoms with E-state index in [2.05, 4.69) is 20.9 Å². The number of aromatic amines is 1. The summed E-state index contributed by atoms with van der Waals surface area (Å²) in [6.45, 7) is 3.25. The van der Waals surface area contributed by atoms with E-state index >= 15 is 0 Å². The summed E-state index contributed by atoms with van der Waals surface area (Å²) in [6, 6.07) is 12.0. The van der Waals surface area contributed by atoms with Crippen LogP contribution in [0.2, 0.25) is 0 Å². The fraction of sp³-hybridized carbons (Fsp3) is 0.182. The minimum Gasteiger partial charge on any atom is -0.360 e. The van der Waals surface area contributed by atoms with Crippen molar-refractivity contribution in [2.45, 2.75) is 20.3 Å². The third kappa shape index (κ3) is 4.72. The van der Waals surface area contributed by atoms with E-state index in [4.69, 9.17) is 0 Å². The second kappa shape index (κ2) is 9.04.